The molecule has 0 radical (unpaired) electrons. The summed E-state index contributed by atoms with van der Waals surface area (Å²) in [4.78, 5) is 35.1. The maximum atomic E-state index is 12.1. The first-order valence-electron chi connectivity index (χ1n) is 7.01. The number of hydrogen-bond donors (Lipinski definition) is 3. The molecule has 6 heteroatoms. The van der Waals surface area contributed by atoms with E-state index in [4.69, 9.17) is 0 Å². The highest BCUT2D eigenvalue weighted by atomic mass is 16.2. The maximum Gasteiger partial charge on any atom is 0.269 e. The molecule has 0 saturated carbocycles. The van der Waals surface area contributed by atoms with E-state index in [2.05, 4.69) is 16.2 Å². The number of hydrogen-bond acceptors (Lipinski definition) is 3. The van der Waals surface area contributed by atoms with Gasteiger partial charge in [0.15, 0.2) is 0 Å². The third kappa shape index (κ3) is 4.41. The van der Waals surface area contributed by atoms with Gasteiger partial charge in [-0.1, -0.05) is 24.3 Å². The van der Waals surface area contributed by atoms with Crippen LogP contribution in [0, 0.1) is 6.92 Å². The van der Waals surface area contributed by atoms with Crippen LogP contribution in [0.1, 0.15) is 33.2 Å². The first kappa shape index (κ1) is 16.2. The third-order valence-corrected chi connectivity index (χ3v) is 3.12. The molecular weight excluding hydrogens is 294 g/mol. The second kappa shape index (κ2) is 7.22. The van der Waals surface area contributed by atoms with Crippen molar-refractivity contribution < 1.29 is 14.4 Å². The van der Waals surface area contributed by atoms with Gasteiger partial charge in [0.1, 0.15) is 0 Å². The van der Waals surface area contributed by atoms with E-state index in [1.54, 1.807) is 30.3 Å². The number of amides is 3. The molecule has 0 saturated heterocycles. The summed E-state index contributed by atoms with van der Waals surface area (Å²) >= 11 is 0. The molecule has 0 heterocycles. The van der Waals surface area contributed by atoms with Crippen molar-refractivity contribution >= 4 is 23.4 Å². The fraction of sp³-hybridized carbons (Fsp3) is 0.118. The minimum absolute atomic E-state index is 0.226. The van der Waals surface area contributed by atoms with E-state index in [1.165, 1.54) is 13.0 Å². The Morgan fingerprint density at radius 2 is 1.57 bits per heavy atom. The van der Waals surface area contributed by atoms with E-state index < -0.39 is 11.8 Å². The zero-order chi connectivity index (χ0) is 16.8. The second-order valence-electron chi connectivity index (χ2n) is 4.99. The normalized spacial score (nSPS) is 9.83. The minimum Gasteiger partial charge on any atom is -0.326 e. The van der Waals surface area contributed by atoms with Crippen LogP contribution >= 0.6 is 0 Å². The summed E-state index contributed by atoms with van der Waals surface area (Å²) in [6.45, 7) is 3.20. The monoisotopic (exact) mass is 311 g/mol. The molecule has 0 atom stereocenters. The quantitative estimate of drug-likeness (QED) is 0.758. The molecule has 0 fully saturated rings. The number of hydrazine groups is 1. The predicted molar refractivity (Wildman–Crippen MR) is 86.9 cm³/mol. The molecule has 2 rings (SSSR count). The van der Waals surface area contributed by atoms with Crippen LogP contribution in [0.2, 0.25) is 0 Å². The molecular formula is C17H17N3O3. The number of aryl methyl sites for hydroxylation is 1. The van der Waals surface area contributed by atoms with Gasteiger partial charge in [-0.2, -0.15) is 0 Å². The number of nitrogens with one attached hydrogen (secondary N) is 3. The van der Waals surface area contributed by atoms with Gasteiger partial charge in [-0.25, -0.2) is 0 Å². The Morgan fingerprint density at radius 3 is 2.26 bits per heavy atom. The summed E-state index contributed by atoms with van der Waals surface area (Å²) in [6, 6.07) is 13.5. The molecule has 0 spiro atoms. The molecule has 23 heavy (non-hydrogen) atoms. The highest BCUT2D eigenvalue weighted by molar-refractivity contribution is 6.00. The molecule has 3 N–H and O–H groups in total. The van der Waals surface area contributed by atoms with Crippen LogP contribution in [0.3, 0.4) is 0 Å². The number of carbonyl (C=O) groups excluding carboxylic acids is 3. The molecule has 6 nitrogen and oxygen atoms in total. The molecule has 0 unspecified atom stereocenters. The van der Waals surface area contributed by atoms with Crippen LogP contribution in [0.5, 0.6) is 0 Å². The molecule has 0 aromatic heterocycles. The topological polar surface area (TPSA) is 87.3 Å². The number of anilines is 1. The smallest absolute Gasteiger partial charge is 0.269 e. The summed E-state index contributed by atoms with van der Waals surface area (Å²) in [5.41, 5.74) is 6.85. The van der Waals surface area contributed by atoms with Gasteiger partial charge in [0.05, 0.1) is 0 Å². The maximum absolute atomic E-state index is 12.1. The highest BCUT2D eigenvalue weighted by Gasteiger charge is 2.11. The summed E-state index contributed by atoms with van der Waals surface area (Å²) in [7, 11) is 0. The van der Waals surface area contributed by atoms with Crippen LogP contribution < -0.4 is 16.2 Å². The average molecular weight is 311 g/mol. The van der Waals surface area contributed by atoms with Crippen molar-refractivity contribution in [1.82, 2.24) is 10.9 Å². The van der Waals surface area contributed by atoms with Crippen LogP contribution in [-0.4, -0.2) is 17.7 Å². The Morgan fingerprint density at radius 1 is 0.870 bits per heavy atom. The SMILES string of the molecule is CC(=O)Nc1cccc(C(=O)NNC(=O)c2ccccc2C)c1. The van der Waals surface area contributed by atoms with E-state index in [1.807, 2.05) is 19.1 Å². The van der Waals surface area contributed by atoms with Crippen LogP contribution in [0.15, 0.2) is 48.5 Å². The van der Waals surface area contributed by atoms with Crippen LogP contribution in [0.25, 0.3) is 0 Å². The van der Waals surface area contributed by atoms with Gasteiger partial charge < -0.3 is 5.32 Å². The second-order valence-corrected chi connectivity index (χ2v) is 4.99. The Hall–Kier alpha value is -3.15. The zero-order valence-corrected chi connectivity index (χ0v) is 12.8. The minimum atomic E-state index is -0.473. The van der Waals surface area contributed by atoms with Gasteiger partial charge >= 0.3 is 0 Å². The zero-order valence-electron chi connectivity index (χ0n) is 12.8. The van der Waals surface area contributed by atoms with Gasteiger partial charge in [0.25, 0.3) is 11.8 Å². The first-order chi connectivity index (χ1) is 11.0. The highest BCUT2D eigenvalue weighted by Crippen LogP contribution is 2.10. The fourth-order valence-electron chi connectivity index (χ4n) is 2.02. The average Bonchev–Trinajstić information content (AvgIpc) is 2.52. The number of benzene rings is 2. The lowest BCUT2D eigenvalue weighted by Gasteiger charge is -2.10. The number of rotatable bonds is 3. The third-order valence-electron chi connectivity index (χ3n) is 3.12. The lowest BCUT2D eigenvalue weighted by Crippen LogP contribution is -2.41. The number of carbonyl (C=O) groups is 3. The molecule has 3 amide bonds. The van der Waals surface area contributed by atoms with Crippen molar-refractivity contribution in [2.45, 2.75) is 13.8 Å². The Labute approximate surface area is 133 Å². The van der Waals surface area contributed by atoms with Gasteiger partial charge in [0.2, 0.25) is 5.91 Å². The molecule has 118 valence electrons. The fourth-order valence-corrected chi connectivity index (χ4v) is 2.02. The molecule has 2 aromatic rings. The predicted octanol–water partition coefficient (Wildman–Crippen LogP) is 2.03. The molecule has 0 bridgehead atoms. The molecule has 0 aliphatic carbocycles. The summed E-state index contributed by atoms with van der Waals surface area (Å²) in [5, 5.41) is 2.59. The Bertz CT molecular complexity index is 756. The standard InChI is InChI=1S/C17H17N3O3/c1-11-6-3-4-9-15(11)17(23)20-19-16(22)13-7-5-8-14(10-13)18-12(2)21/h3-10H,1-2H3,(H,18,21)(H,19,22)(H,20,23). The molecule has 0 aliphatic heterocycles. The Balaban J connectivity index is 2.01. The van der Waals surface area contributed by atoms with Crippen molar-refractivity contribution in [3.05, 3.63) is 65.2 Å². The van der Waals surface area contributed by atoms with Crippen molar-refractivity contribution in [3.63, 3.8) is 0 Å². The van der Waals surface area contributed by atoms with E-state index in [9.17, 15) is 14.4 Å². The van der Waals surface area contributed by atoms with Crippen molar-refractivity contribution in [2.75, 3.05) is 5.32 Å². The van der Waals surface area contributed by atoms with E-state index in [0.717, 1.165) is 5.56 Å². The van der Waals surface area contributed by atoms with E-state index >= 15 is 0 Å². The summed E-state index contributed by atoms with van der Waals surface area (Å²) < 4.78 is 0. The lowest BCUT2D eigenvalue weighted by molar-refractivity contribution is -0.114. The van der Waals surface area contributed by atoms with Gasteiger partial charge in [-0.15, -0.1) is 0 Å². The van der Waals surface area contributed by atoms with Gasteiger partial charge in [-0.3, -0.25) is 25.2 Å². The van der Waals surface area contributed by atoms with Crippen molar-refractivity contribution in [1.29, 1.82) is 0 Å². The van der Waals surface area contributed by atoms with Crippen LogP contribution in [-0.2, 0) is 4.79 Å². The molecule has 0 aliphatic rings. The van der Waals surface area contributed by atoms with E-state index in [-0.39, 0.29) is 5.91 Å². The van der Waals surface area contributed by atoms with Gasteiger partial charge in [-0.05, 0) is 36.8 Å². The summed E-state index contributed by atoms with van der Waals surface area (Å²) in [6.07, 6.45) is 0. The van der Waals surface area contributed by atoms with E-state index in [0.29, 0.717) is 16.8 Å². The first-order valence-corrected chi connectivity index (χ1v) is 7.01. The van der Waals surface area contributed by atoms with Crippen molar-refractivity contribution in [2.24, 2.45) is 0 Å². The molecule has 2 aromatic carbocycles. The van der Waals surface area contributed by atoms with Crippen molar-refractivity contribution in [3.8, 4) is 0 Å². The van der Waals surface area contributed by atoms with Crippen LogP contribution in [0.4, 0.5) is 5.69 Å². The van der Waals surface area contributed by atoms with Gasteiger partial charge in [0, 0.05) is 23.7 Å². The lowest BCUT2D eigenvalue weighted by atomic mass is 10.1. The summed E-state index contributed by atoms with van der Waals surface area (Å²) in [5.74, 6) is -1.09. The largest absolute Gasteiger partial charge is 0.326 e. The Kier molecular flexibility index (Phi) is 5.09.